The Morgan fingerprint density at radius 1 is 1.35 bits per heavy atom. The predicted octanol–water partition coefficient (Wildman–Crippen LogP) is -0.503. The van der Waals surface area contributed by atoms with Crippen molar-refractivity contribution in [1.82, 2.24) is 9.55 Å². The zero-order chi connectivity index (χ0) is 18.9. The van der Waals surface area contributed by atoms with Crippen LogP contribution in [-0.4, -0.2) is 55.2 Å². The van der Waals surface area contributed by atoms with Crippen LogP contribution in [0.1, 0.15) is 23.5 Å². The van der Waals surface area contributed by atoms with Gasteiger partial charge in [0.05, 0.1) is 6.61 Å². The maximum Gasteiger partial charge on any atom is 0.351 e. The van der Waals surface area contributed by atoms with Crippen molar-refractivity contribution < 1.29 is 24.9 Å². The topological polar surface area (TPSA) is 134 Å². The number of nitrogens with one attached hydrogen (secondary N) is 1. The maximum absolute atomic E-state index is 12.3. The fourth-order valence-electron chi connectivity index (χ4n) is 2.83. The first-order valence-electron chi connectivity index (χ1n) is 7.97. The molecule has 9 nitrogen and oxygen atoms in total. The third-order valence-corrected chi connectivity index (χ3v) is 4.29. The fraction of sp³-hybridized carbons (Fsp3) is 0.353. The molecular weight excluding hydrogens is 342 g/mol. The van der Waals surface area contributed by atoms with E-state index < -0.39 is 42.2 Å². The lowest BCUT2D eigenvalue weighted by molar-refractivity contribution is -0.0986. The summed E-state index contributed by atoms with van der Waals surface area (Å²) < 4.78 is 6.38. The van der Waals surface area contributed by atoms with Crippen molar-refractivity contribution in [3.63, 3.8) is 0 Å². The normalized spacial score (nSPS) is 28.1. The number of aliphatic hydroxyl groups excluding tert-OH is 2. The number of anilines is 1. The van der Waals surface area contributed by atoms with Crippen molar-refractivity contribution in [1.29, 1.82) is 0 Å². The summed E-state index contributed by atoms with van der Waals surface area (Å²) in [6, 6.07) is 9.82. The molecule has 4 atom stereocenters. The van der Waals surface area contributed by atoms with E-state index in [9.17, 15) is 24.9 Å². The second-order valence-corrected chi connectivity index (χ2v) is 6.20. The van der Waals surface area contributed by atoms with Crippen molar-refractivity contribution in [2.24, 2.45) is 0 Å². The standard InChI is InChI=1S/C17H19N3O6/c1-17(25)13(22)11(9-21)26-15(17)20-8-7-12(19-16(20)24)18-14(23)10-5-3-2-4-6-10/h2-8,11,13,15,21-22,25H,9H2,1H3,(H,18,19,23,24)/t11-,13?,15-,17+/m1/s1. The van der Waals surface area contributed by atoms with Crippen molar-refractivity contribution in [3.8, 4) is 0 Å². The van der Waals surface area contributed by atoms with Gasteiger partial charge in [0.25, 0.3) is 5.91 Å². The molecule has 4 N–H and O–H groups in total. The van der Waals surface area contributed by atoms with E-state index in [0.717, 1.165) is 4.57 Å². The van der Waals surface area contributed by atoms with Crippen LogP contribution in [0.5, 0.6) is 0 Å². The summed E-state index contributed by atoms with van der Waals surface area (Å²) in [4.78, 5) is 28.2. The molecular formula is C17H19N3O6. The first-order chi connectivity index (χ1) is 12.3. The van der Waals surface area contributed by atoms with Crippen LogP contribution in [0.3, 0.4) is 0 Å². The lowest BCUT2D eigenvalue weighted by atomic mass is 9.96. The van der Waals surface area contributed by atoms with E-state index in [1.54, 1.807) is 30.3 Å². The van der Waals surface area contributed by atoms with Crippen LogP contribution in [-0.2, 0) is 4.74 Å². The van der Waals surface area contributed by atoms with Gasteiger partial charge < -0.3 is 25.4 Å². The number of aliphatic hydroxyl groups is 3. The van der Waals surface area contributed by atoms with Crippen LogP contribution in [0.2, 0.25) is 0 Å². The van der Waals surface area contributed by atoms with E-state index in [4.69, 9.17) is 4.74 Å². The molecule has 2 heterocycles. The predicted molar refractivity (Wildman–Crippen MR) is 90.5 cm³/mol. The van der Waals surface area contributed by atoms with Gasteiger partial charge in [0.15, 0.2) is 6.23 Å². The van der Waals surface area contributed by atoms with Crippen molar-refractivity contribution in [2.45, 2.75) is 31.0 Å². The molecule has 1 aliphatic rings. The zero-order valence-corrected chi connectivity index (χ0v) is 13.9. The first-order valence-corrected chi connectivity index (χ1v) is 7.97. The highest BCUT2D eigenvalue weighted by Crippen LogP contribution is 2.37. The minimum Gasteiger partial charge on any atom is -0.394 e. The van der Waals surface area contributed by atoms with Gasteiger partial charge in [-0.15, -0.1) is 0 Å². The van der Waals surface area contributed by atoms with Gasteiger partial charge in [0, 0.05) is 11.8 Å². The number of carbonyl (C=O) groups is 1. The molecule has 1 aromatic heterocycles. The number of hydrogen-bond donors (Lipinski definition) is 4. The average molecular weight is 361 g/mol. The third kappa shape index (κ3) is 3.25. The van der Waals surface area contributed by atoms with E-state index in [0.29, 0.717) is 5.56 Å². The molecule has 1 saturated heterocycles. The molecule has 1 unspecified atom stereocenters. The smallest absolute Gasteiger partial charge is 0.351 e. The Morgan fingerprint density at radius 3 is 2.62 bits per heavy atom. The molecule has 0 spiro atoms. The summed E-state index contributed by atoms with van der Waals surface area (Å²) in [5, 5.41) is 32.2. The Morgan fingerprint density at radius 2 is 2.04 bits per heavy atom. The van der Waals surface area contributed by atoms with Gasteiger partial charge in [-0.2, -0.15) is 4.98 Å². The SMILES string of the molecule is C[C@]1(O)C(O)[C@@H](CO)O[C@H]1n1ccc(NC(=O)c2ccccc2)nc1=O. The number of aromatic nitrogens is 2. The number of carbonyl (C=O) groups excluding carboxylic acids is 1. The Hall–Kier alpha value is -2.59. The van der Waals surface area contributed by atoms with E-state index in [-0.39, 0.29) is 5.82 Å². The number of hydrogen-bond acceptors (Lipinski definition) is 7. The summed E-state index contributed by atoms with van der Waals surface area (Å²) >= 11 is 0. The number of ether oxygens (including phenoxy) is 1. The molecule has 9 heteroatoms. The lowest BCUT2D eigenvalue weighted by Gasteiger charge is -2.27. The lowest BCUT2D eigenvalue weighted by Crippen LogP contribution is -2.46. The van der Waals surface area contributed by atoms with Crippen molar-refractivity contribution >= 4 is 11.7 Å². The average Bonchev–Trinajstić information content (AvgIpc) is 2.85. The number of benzene rings is 1. The minimum absolute atomic E-state index is 0.0389. The second kappa shape index (κ2) is 6.96. The van der Waals surface area contributed by atoms with Gasteiger partial charge in [-0.1, -0.05) is 18.2 Å². The quantitative estimate of drug-likeness (QED) is 0.577. The van der Waals surface area contributed by atoms with Crippen LogP contribution in [0.4, 0.5) is 5.82 Å². The van der Waals surface area contributed by atoms with Crippen LogP contribution in [0, 0.1) is 0 Å². The molecule has 0 saturated carbocycles. The monoisotopic (exact) mass is 361 g/mol. The van der Waals surface area contributed by atoms with Gasteiger partial charge in [-0.05, 0) is 25.1 Å². The largest absolute Gasteiger partial charge is 0.394 e. The Labute approximate surface area is 148 Å². The van der Waals surface area contributed by atoms with Gasteiger partial charge in [-0.3, -0.25) is 9.36 Å². The molecule has 1 aromatic carbocycles. The Bertz CT molecular complexity index is 851. The van der Waals surface area contributed by atoms with Crippen LogP contribution >= 0.6 is 0 Å². The molecule has 0 radical (unpaired) electrons. The van der Waals surface area contributed by atoms with E-state index in [2.05, 4.69) is 10.3 Å². The van der Waals surface area contributed by atoms with E-state index >= 15 is 0 Å². The number of nitrogens with zero attached hydrogens (tertiary/aromatic N) is 2. The molecule has 138 valence electrons. The molecule has 1 amide bonds. The Balaban J connectivity index is 1.82. The van der Waals surface area contributed by atoms with Crippen LogP contribution < -0.4 is 11.0 Å². The molecule has 1 fully saturated rings. The minimum atomic E-state index is -1.80. The van der Waals surface area contributed by atoms with Crippen LogP contribution in [0.15, 0.2) is 47.4 Å². The summed E-state index contributed by atoms with van der Waals surface area (Å²) in [5.41, 5.74) is -2.17. The number of amides is 1. The fourth-order valence-corrected chi connectivity index (χ4v) is 2.83. The third-order valence-electron chi connectivity index (χ3n) is 4.29. The van der Waals surface area contributed by atoms with E-state index in [1.807, 2.05) is 0 Å². The summed E-state index contributed by atoms with van der Waals surface area (Å²) in [6.07, 6.45) is -2.34. The second-order valence-electron chi connectivity index (χ2n) is 6.20. The van der Waals surface area contributed by atoms with Crippen molar-refractivity contribution in [2.75, 3.05) is 11.9 Å². The maximum atomic E-state index is 12.3. The van der Waals surface area contributed by atoms with E-state index in [1.165, 1.54) is 19.2 Å². The first kappa shape index (κ1) is 18.2. The zero-order valence-electron chi connectivity index (χ0n) is 13.9. The molecule has 0 bridgehead atoms. The van der Waals surface area contributed by atoms with Gasteiger partial charge in [-0.25, -0.2) is 4.79 Å². The Kier molecular flexibility index (Phi) is 4.88. The summed E-state index contributed by atoms with van der Waals surface area (Å²) in [7, 11) is 0. The summed E-state index contributed by atoms with van der Waals surface area (Å²) in [6.45, 7) is 0.788. The highest BCUT2D eigenvalue weighted by atomic mass is 16.6. The molecule has 26 heavy (non-hydrogen) atoms. The van der Waals surface area contributed by atoms with Gasteiger partial charge in [0.2, 0.25) is 0 Å². The molecule has 2 aromatic rings. The number of rotatable bonds is 4. The highest BCUT2D eigenvalue weighted by molar-refractivity contribution is 6.03. The van der Waals surface area contributed by atoms with Crippen LogP contribution in [0.25, 0.3) is 0 Å². The van der Waals surface area contributed by atoms with Gasteiger partial charge in [0.1, 0.15) is 23.6 Å². The molecule has 3 rings (SSSR count). The van der Waals surface area contributed by atoms with Crippen molar-refractivity contribution in [3.05, 3.63) is 58.6 Å². The van der Waals surface area contributed by atoms with Gasteiger partial charge >= 0.3 is 5.69 Å². The highest BCUT2D eigenvalue weighted by Gasteiger charge is 2.53. The molecule has 1 aliphatic heterocycles. The molecule has 0 aliphatic carbocycles. The summed E-state index contributed by atoms with van der Waals surface area (Å²) in [5.74, 6) is -0.382.